The number of benzene rings is 1. The van der Waals surface area contributed by atoms with Gasteiger partial charge in [-0.25, -0.2) is 4.98 Å². The maximum absolute atomic E-state index is 13.6. The summed E-state index contributed by atoms with van der Waals surface area (Å²) in [7, 11) is 2.12. The summed E-state index contributed by atoms with van der Waals surface area (Å²) in [5.41, 5.74) is 2.42. The van der Waals surface area contributed by atoms with Crippen LogP contribution < -0.4 is 0 Å². The first kappa shape index (κ1) is 20.2. The van der Waals surface area contributed by atoms with Gasteiger partial charge in [-0.2, -0.15) is 0 Å². The van der Waals surface area contributed by atoms with E-state index in [1.54, 1.807) is 0 Å². The number of aryl methyl sites for hydroxylation is 1. The first-order chi connectivity index (χ1) is 15.0. The fourth-order valence-electron chi connectivity index (χ4n) is 5.72. The van der Waals surface area contributed by atoms with E-state index < -0.39 is 0 Å². The summed E-state index contributed by atoms with van der Waals surface area (Å²) < 4.78 is 5.24. The molecule has 0 N–H and O–H groups in total. The maximum atomic E-state index is 13.6. The fourth-order valence-corrected chi connectivity index (χ4v) is 5.72. The molecule has 7 nitrogen and oxygen atoms in total. The first-order valence-electron chi connectivity index (χ1n) is 11.2. The molecular weight excluding hydrogens is 392 g/mol. The molecular formula is C24H30N4O3. The lowest BCUT2D eigenvalue weighted by Crippen LogP contribution is -2.43. The zero-order chi connectivity index (χ0) is 21.5. The molecule has 2 aromatic rings. The van der Waals surface area contributed by atoms with Crippen LogP contribution in [0.1, 0.15) is 40.6 Å². The number of piperidine rings is 1. The van der Waals surface area contributed by atoms with Gasteiger partial charge in [-0.3, -0.25) is 9.59 Å². The fraction of sp³-hybridized carbons (Fsp3) is 0.542. The zero-order valence-corrected chi connectivity index (χ0v) is 18.2. The number of rotatable bonds is 3. The van der Waals surface area contributed by atoms with Crippen LogP contribution >= 0.6 is 0 Å². The van der Waals surface area contributed by atoms with Gasteiger partial charge in [0.1, 0.15) is 0 Å². The molecule has 0 unspecified atom stereocenters. The Morgan fingerprint density at radius 1 is 1.10 bits per heavy atom. The highest BCUT2D eigenvalue weighted by atomic mass is 16.3. The summed E-state index contributed by atoms with van der Waals surface area (Å²) in [5, 5.41) is 0. The number of nitrogens with zero attached hydrogens (tertiary/aromatic N) is 4. The first-order valence-corrected chi connectivity index (χ1v) is 11.2. The monoisotopic (exact) mass is 422 g/mol. The van der Waals surface area contributed by atoms with Crippen molar-refractivity contribution in [3.63, 3.8) is 0 Å². The third-order valence-electron chi connectivity index (χ3n) is 7.45. The Morgan fingerprint density at radius 2 is 1.87 bits per heavy atom. The Balaban J connectivity index is 1.41. The molecule has 4 heterocycles. The number of carbonyl (C=O) groups is 2. The van der Waals surface area contributed by atoms with Gasteiger partial charge in [0.05, 0.1) is 12.2 Å². The number of carbonyl (C=O) groups excluding carboxylic acids is 2. The van der Waals surface area contributed by atoms with Crippen molar-refractivity contribution >= 4 is 11.8 Å². The molecule has 5 rings (SSSR count). The highest BCUT2D eigenvalue weighted by molar-refractivity contribution is 5.91. The lowest BCUT2D eigenvalue weighted by Gasteiger charge is -2.35. The second-order valence-electron chi connectivity index (χ2n) is 9.37. The number of aromatic nitrogens is 1. The number of hydrogen-bond donors (Lipinski definition) is 0. The van der Waals surface area contributed by atoms with E-state index in [0.717, 1.165) is 32.5 Å². The van der Waals surface area contributed by atoms with Gasteiger partial charge in [0, 0.05) is 37.4 Å². The molecule has 7 heteroatoms. The maximum Gasteiger partial charge on any atom is 0.291 e. The number of fused-ring (bicyclic) bond motifs is 1. The van der Waals surface area contributed by atoms with Gasteiger partial charge in [-0.05, 0) is 51.0 Å². The normalized spacial score (nSPS) is 27.0. The Kier molecular flexibility index (Phi) is 5.30. The van der Waals surface area contributed by atoms with Gasteiger partial charge in [-0.15, -0.1) is 0 Å². The van der Waals surface area contributed by atoms with E-state index in [4.69, 9.17) is 4.42 Å². The van der Waals surface area contributed by atoms with E-state index in [-0.39, 0.29) is 35.5 Å². The quantitative estimate of drug-likeness (QED) is 0.761. The van der Waals surface area contributed by atoms with Crippen molar-refractivity contribution in [2.75, 3.05) is 39.8 Å². The average Bonchev–Trinajstić information content (AvgIpc) is 3.50. The third-order valence-corrected chi connectivity index (χ3v) is 7.45. The Morgan fingerprint density at radius 3 is 2.58 bits per heavy atom. The average molecular weight is 423 g/mol. The van der Waals surface area contributed by atoms with Crippen molar-refractivity contribution in [3.8, 4) is 0 Å². The Bertz CT molecular complexity index is 951. The molecule has 3 saturated heterocycles. The third kappa shape index (κ3) is 3.65. The van der Waals surface area contributed by atoms with Crippen LogP contribution in [0.5, 0.6) is 0 Å². The van der Waals surface area contributed by atoms with Crippen LogP contribution in [0.4, 0.5) is 0 Å². The Hall–Kier alpha value is -2.67. The van der Waals surface area contributed by atoms with Crippen molar-refractivity contribution in [2.24, 2.45) is 17.8 Å². The van der Waals surface area contributed by atoms with Gasteiger partial charge < -0.3 is 19.1 Å². The van der Waals surface area contributed by atoms with Crippen LogP contribution in [0.2, 0.25) is 0 Å². The lowest BCUT2D eigenvalue weighted by atomic mass is 9.87. The van der Waals surface area contributed by atoms with Crippen molar-refractivity contribution in [1.29, 1.82) is 0 Å². The van der Waals surface area contributed by atoms with Crippen molar-refractivity contribution < 1.29 is 14.0 Å². The van der Waals surface area contributed by atoms with Gasteiger partial charge >= 0.3 is 0 Å². The number of likely N-dealkylation sites (tertiary alicyclic amines) is 3. The molecule has 0 radical (unpaired) electrons. The van der Waals surface area contributed by atoms with Crippen LogP contribution in [0.25, 0.3) is 0 Å². The standard InChI is InChI=1S/C24H30N4O3/c1-16-5-3-4-6-19(16)22-20-14-27(24(30)21-11-25-15-31-21)12-18(20)13-28(22)23(29)17-7-9-26(2)10-8-17/h3-6,11,15,17-18,20,22H,7-10,12-14H2,1-2H3/t18-,20-,22+/m0/s1. The molecule has 164 valence electrons. The van der Waals surface area contributed by atoms with E-state index in [1.165, 1.54) is 23.7 Å². The molecule has 3 aliphatic heterocycles. The van der Waals surface area contributed by atoms with E-state index in [1.807, 2.05) is 11.0 Å². The second kappa shape index (κ2) is 8.11. The molecule has 1 aromatic carbocycles. The SMILES string of the molecule is Cc1ccccc1[C@@H]1[C@H]2CN(C(=O)c3cnco3)C[C@H]2CN1C(=O)C1CCN(C)CC1. The highest BCUT2D eigenvalue weighted by Gasteiger charge is 2.51. The van der Waals surface area contributed by atoms with Crippen LogP contribution in [0.15, 0.2) is 41.3 Å². The van der Waals surface area contributed by atoms with E-state index in [9.17, 15) is 9.59 Å². The molecule has 3 fully saturated rings. The molecule has 0 saturated carbocycles. The smallest absolute Gasteiger partial charge is 0.291 e. The van der Waals surface area contributed by atoms with Gasteiger partial charge in [-0.1, -0.05) is 24.3 Å². The molecule has 1 aromatic heterocycles. The largest absolute Gasteiger partial charge is 0.438 e. The predicted octanol–water partition coefficient (Wildman–Crippen LogP) is 2.60. The molecule has 31 heavy (non-hydrogen) atoms. The minimum Gasteiger partial charge on any atom is -0.438 e. The van der Waals surface area contributed by atoms with Crippen LogP contribution in [0, 0.1) is 24.7 Å². The summed E-state index contributed by atoms with van der Waals surface area (Å²) >= 11 is 0. The molecule has 0 spiro atoms. The summed E-state index contributed by atoms with van der Waals surface area (Å²) in [6.45, 7) is 6.09. The van der Waals surface area contributed by atoms with Crippen molar-refractivity contribution in [1.82, 2.24) is 19.7 Å². The summed E-state index contributed by atoms with van der Waals surface area (Å²) in [6, 6.07) is 8.39. The van der Waals surface area contributed by atoms with Crippen molar-refractivity contribution in [3.05, 3.63) is 53.7 Å². The highest BCUT2D eigenvalue weighted by Crippen LogP contribution is 2.47. The van der Waals surface area contributed by atoms with E-state index in [2.05, 4.69) is 47.0 Å². The van der Waals surface area contributed by atoms with Crippen molar-refractivity contribution in [2.45, 2.75) is 25.8 Å². The van der Waals surface area contributed by atoms with Gasteiger partial charge in [0.15, 0.2) is 6.39 Å². The molecule has 3 atom stereocenters. The van der Waals surface area contributed by atoms with E-state index >= 15 is 0 Å². The second-order valence-corrected chi connectivity index (χ2v) is 9.37. The van der Waals surface area contributed by atoms with Crippen LogP contribution in [-0.2, 0) is 4.79 Å². The summed E-state index contributed by atoms with van der Waals surface area (Å²) in [6.07, 6.45) is 4.63. The minimum absolute atomic E-state index is 0.0193. The van der Waals surface area contributed by atoms with Gasteiger partial charge in [0.2, 0.25) is 11.7 Å². The molecule has 0 bridgehead atoms. The minimum atomic E-state index is -0.108. The number of oxazole rings is 1. The number of amides is 2. The lowest BCUT2D eigenvalue weighted by molar-refractivity contribution is -0.138. The number of hydrogen-bond acceptors (Lipinski definition) is 5. The topological polar surface area (TPSA) is 69.9 Å². The Labute approximate surface area is 183 Å². The van der Waals surface area contributed by atoms with E-state index in [0.29, 0.717) is 19.0 Å². The van der Waals surface area contributed by atoms with Crippen LogP contribution in [0.3, 0.4) is 0 Å². The molecule has 3 aliphatic rings. The summed E-state index contributed by atoms with van der Waals surface area (Å²) in [5.74, 6) is 1.10. The molecule has 0 aliphatic carbocycles. The van der Waals surface area contributed by atoms with Gasteiger partial charge in [0.25, 0.3) is 5.91 Å². The predicted molar refractivity (Wildman–Crippen MR) is 115 cm³/mol. The molecule has 2 amide bonds. The van der Waals surface area contributed by atoms with Crippen LogP contribution in [-0.4, -0.2) is 71.3 Å². The summed E-state index contributed by atoms with van der Waals surface area (Å²) in [4.78, 5) is 36.7. The zero-order valence-electron chi connectivity index (χ0n) is 18.2.